The number of anilines is 3. The first-order chi connectivity index (χ1) is 12.1. The van der Waals surface area contributed by atoms with E-state index in [1.807, 2.05) is 36.4 Å². The molecule has 6 heteroatoms. The Morgan fingerprint density at radius 1 is 1.20 bits per heavy atom. The molecule has 0 saturated heterocycles. The monoisotopic (exact) mass is 337 g/mol. The number of hydrogen-bond acceptors (Lipinski definition) is 4. The molecule has 25 heavy (non-hydrogen) atoms. The van der Waals surface area contributed by atoms with Crippen LogP contribution in [0.15, 0.2) is 42.5 Å². The Hall–Kier alpha value is -2.86. The molecule has 0 aromatic heterocycles. The summed E-state index contributed by atoms with van der Waals surface area (Å²) < 4.78 is 5.42. The van der Waals surface area contributed by atoms with Crippen LogP contribution in [0.2, 0.25) is 0 Å². The van der Waals surface area contributed by atoms with Crippen molar-refractivity contribution in [2.75, 3.05) is 22.1 Å². The molecule has 0 radical (unpaired) electrons. The Bertz CT molecular complexity index is 850. The van der Waals surface area contributed by atoms with Crippen molar-refractivity contribution in [3.63, 3.8) is 0 Å². The molecule has 2 aliphatic heterocycles. The molecule has 0 unspecified atom stereocenters. The summed E-state index contributed by atoms with van der Waals surface area (Å²) in [6, 6.07) is 12.9. The average Bonchev–Trinajstić information content (AvgIpc) is 3.08. The van der Waals surface area contributed by atoms with Gasteiger partial charge in [-0.05, 0) is 42.3 Å². The molecule has 2 N–H and O–H groups in total. The second-order valence-corrected chi connectivity index (χ2v) is 6.33. The van der Waals surface area contributed by atoms with E-state index in [1.165, 1.54) is 10.5 Å². The van der Waals surface area contributed by atoms with Gasteiger partial charge in [-0.1, -0.05) is 18.2 Å². The molecule has 0 aliphatic carbocycles. The third-order valence-electron chi connectivity index (χ3n) is 4.51. The fraction of sp³-hybridized carbons (Fsp3) is 0.263. The smallest absolute Gasteiger partial charge is 0.249 e. The summed E-state index contributed by atoms with van der Waals surface area (Å²) in [4.78, 5) is 26.3. The first-order valence-electron chi connectivity index (χ1n) is 8.28. The van der Waals surface area contributed by atoms with Gasteiger partial charge < -0.3 is 15.4 Å². The van der Waals surface area contributed by atoms with Crippen LogP contribution in [0.3, 0.4) is 0 Å². The lowest BCUT2D eigenvalue weighted by Gasteiger charge is -2.31. The van der Waals surface area contributed by atoms with Gasteiger partial charge in [0.25, 0.3) is 0 Å². The van der Waals surface area contributed by atoms with E-state index in [-0.39, 0.29) is 18.4 Å². The number of para-hydroxylation sites is 2. The lowest BCUT2D eigenvalue weighted by atomic mass is 10.1. The summed E-state index contributed by atoms with van der Waals surface area (Å²) in [6.45, 7) is 3.08. The third kappa shape index (κ3) is 2.96. The van der Waals surface area contributed by atoms with Gasteiger partial charge in [0.15, 0.2) is 0 Å². The van der Waals surface area contributed by atoms with Gasteiger partial charge in [-0.15, -0.1) is 0 Å². The highest BCUT2D eigenvalue weighted by atomic mass is 16.5. The highest BCUT2D eigenvalue weighted by molar-refractivity contribution is 6.11. The number of rotatable bonds is 3. The number of carbonyl (C=O) groups is 2. The van der Waals surface area contributed by atoms with Crippen LogP contribution in [0.5, 0.6) is 0 Å². The number of hydrogen-bond donors (Lipinski definition) is 2. The van der Waals surface area contributed by atoms with Crippen LogP contribution in [0.4, 0.5) is 17.1 Å². The number of fused-ring (bicyclic) bond motifs is 2. The Morgan fingerprint density at radius 2 is 2.00 bits per heavy atom. The van der Waals surface area contributed by atoms with Crippen molar-refractivity contribution < 1.29 is 14.3 Å². The third-order valence-corrected chi connectivity index (χ3v) is 4.51. The van der Waals surface area contributed by atoms with Crippen molar-refractivity contribution in [2.24, 2.45) is 0 Å². The normalized spacial score (nSPS) is 16.7. The predicted molar refractivity (Wildman–Crippen MR) is 95.4 cm³/mol. The molecule has 2 amide bonds. The SMILES string of the molecule is C[C@@H](Nc1ccc2c(c1)COC2)C(=O)N1CC(=O)Nc2ccccc21. The van der Waals surface area contributed by atoms with E-state index < -0.39 is 6.04 Å². The van der Waals surface area contributed by atoms with Crippen molar-refractivity contribution in [2.45, 2.75) is 26.2 Å². The molecule has 6 nitrogen and oxygen atoms in total. The van der Waals surface area contributed by atoms with Crippen LogP contribution in [0.1, 0.15) is 18.1 Å². The van der Waals surface area contributed by atoms with Crippen LogP contribution in [-0.2, 0) is 27.5 Å². The second-order valence-electron chi connectivity index (χ2n) is 6.33. The van der Waals surface area contributed by atoms with Crippen molar-refractivity contribution in [1.82, 2.24) is 0 Å². The number of ether oxygens (including phenoxy) is 1. The van der Waals surface area contributed by atoms with Gasteiger partial charge in [-0.3, -0.25) is 14.5 Å². The van der Waals surface area contributed by atoms with E-state index in [1.54, 1.807) is 13.0 Å². The summed E-state index contributed by atoms with van der Waals surface area (Å²) >= 11 is 0. The van der Waals surface area contributed by atoms with E-state index in [2.05, 4.69) is 10.6 Å². The lowest BCUT2D eigenvalue weighted by Crippen LogP contribution is -2.47. The van der Waals surface area contributed by atoms with E-state index in [0.29, 0.717) is 18.9 Å². The zero-order valence-electron chi connectivity index (χ0n) is 13.9. The minimum absolute atomic E-state index is 0.0277. The fourth-order valence-corrected chi connectivity index (χ4v) is 3.24. The van der Waals surface area contributed by atoms with Gasteiger partial charge in [0, 0.05) is 5.69 Å². The summed E-state index contributed by atoms with van der Waals surface area (Å²) in [6.07, 6.45) is 0. The first kappa shape index (κ1) is 15.7. The van der Waals surface area contributed by atoms with Crippen LogP contribution in [-0.4, -0.2) is 24.4 Å². The van der Waals surface area contributed by atoms with Crippen molar-refractivity contribution >= 4 is 28.9 Å². The molecule has 128 valence electrons. The number of carbonyl (C=O) groups excluding carboxylic acids is 2. The summed E-state index contributed by atoms with van der Waals surface area (Å²) in [5, 5.41) is 6.03. The lowest BCUT2D eigenvalue weighted by molar-refractivity contribution is -0.122. The molecule has 2 aromatic rings. The molecule has 2 aliphatic rings. The van der Waals surface area contributed by atoms with E-state index >= 15 is 0 Å². The molecule has 0 saturated carbocycles. The Balaban J connectivity index is 1.53. The zero-order chi connectivity index (χ0) is 17.4. The molecule has 0 spiro atoms. The van der Waals surface area contributed by atoms with Crippen molar-refractivity contribution in [1.29, 1.82) is 0 Å². The summed E-state index contributed by atoms with van der Waals surface area (Å²) in [5.41, 5.74) is 4.59. The number of nitrogens with zero attached hydrogens (tertiary/aromatic N) is 1. The van der Waals surface area contributed by atoms with E-state index in [9.17, 15) is 9.59 Å². The van der Waals surface area contributed by atoms with Gasteiger partial charge >= 0.3 is 0 Å². The van der Waals surface area contributed by atoms with Crippen molar-refractivity contribution in [3.8, 4) is 0 Å². The Morgan fingerprint density at radius 3 is 2.88 bits per heavy atom. The topological polar surface area (TPSA) is 70.7 Å². The number of benzene rings is 2. The number of amides is 2. The van der Waals surface area contributed by atoms with Gasteiger partial charge in [0.1, 0.15) is 12.6 Å². The molecular formula is C19H19N3O3. The maximum atomic E-state index is 12.9. The first-order valence-corrected chi connectivity index (χ1v) is 8.28. The highest BCUT2D eigenvalue weighted by Crippen LogP contribution is 2.30. The quantitative estimate of drug-likeness (QED) is 0.903. The van der Waals surface area contributed by atoms with Gasteiger partial charge in [0.2, 0.25) is 11.8 Å². The molecule has 4 rings (SSSR count). The maximum absolute atomic E-state index is 12.9. The standard InChI is InChI=1S/C19H19N3O3/c1-12(20-15-7-6-13-10-25-11-14(13)8-15)19(24)22-9-18(23)21-16-4-2-3-5-17(16)22/h2-8,12,20H,9-11H2,1H3,(H,21,23)/t12-/m1/s1. The summed E-state index contributed by atoms with van der Waals surface area (Å²) in [5.74, 6) is -0.326. The minimum atomic E-state index is -0.459. The average molecular weight is 337 g/mol. The predicted octanol–water partition coefficient (Wildman–Crippen LogP) is 2.50. The Kier molecular flexibility index (Phi) is 3.89. The Labute approximate surface area is 145 Å². The molecular weight excluding hydrogens is 318 g/mol. The van der Waals surface area contributed by atoms with Crippen LogP contribution in [0, 0.1) is 0 Å². The zero-order valence-corrected chi connectivity index (χ0v) is 13.9. The van der Waals surface area contributed by atoms with E-state index in [0.717, 1.165) is 16.9 Å². The van der Waals surface area contributed by atoms with E-state index in [4.69, 9.17) is 4.74 Å². The molecule has 2 aromatic carbocycles. The molecule has 2 heterocycles. The summed E-state index contributed by atoms with van der Waals surface area (Å²) in [7, 11) is 0. The second kappa shape index (κ2) is 6.22. The minimum Gasteiger partial charge on any atom is -0.374 e. The van der Waals surface area contributed by atoms with Crippen LogP contribution >= 0.6 is 0 Å². The molecule has 0 bridgehead atoms. The van der Waals surface area contributed by atoms with Crippen LogP contribution in [0.25, 0.3) is 0 Å². The van der Waals surface area contributed by atoms with Gasteiger partial charge in [-0.2, -0.15) is 0 Å². The maximum Gasteiger partial charge on any atom is 0.249 e. The fourth-order valence-electron chi connectivity index (χ4n) is 3.24. The molecule has 1 atom stereocenters. The van der Waals surface area contributed by atoms with Gasteiger partial charge in [-0.25, -0.2) is 0 Å². The van der Waals surface area contributed by atoms with Gasteiger partial charge in [0.05, 0.1) is 24.6 Å². The molecule has 0 fully saturated rings. The number of nitrogens with one attached hydrogen (secondary N) is 2. The highest BCUT2D eigenvalue weighted by Gasteiger charge is 2.29. The van der Waals surface area contributed by atoms with Crippen LogP contribution < -0.4 is 15.5 Å². The largest absolute Gasteiger partial charge is 0.374 e. The van der Waals surface area contributed by atoms with Crippen molar-refractivity contribution in [3.05, 3.63) is 53.6 Å².